The number of ether oxygens (including phenoxy) is 2. The topological polar surface area (TPSA) is 56.3 Å². The van der Waals surface area contributed by atoms with Crippen LogP contribution in [-0.4, -0.2) is 37.0 Å². The molecular weight excluding hydrogens is 182 g/mol. The number of hydrogen-bond donors (Lipinski definition) is 1. The van der Waals surface area contributed by atoms with Gasteiger partial charge in [0.25, 0.3) is 0 Å². The van der Waals surface area contributed by atoms with E-state index in [-0.39, 0.29) is 6.29 Å². The van der Waals surface area contributed by atoms with Crippen molar-refractivity contribution in [1.82, 2.24) is 9.97 Å². The minimum Gasteiger partial charge on any atom is -0.365 e. The molecule has 5 nitrogen and oxygen atoms in total. The van der Waals surface area contributed by atoms with Gasteiger partial charge in [-0.3, -0.25) is 0 Å². The van der Waals surface area contributed by atoms with E-state index in [2.05, 4.69) is 15.3 Å². The molecule has 0 radical (unpaired) electrons. The first-order valence-corrected chi connectivity index (χ1v) is 4.34. The minimum absolute atomic E-state index is 0.259. The third-order valence-electron chi connectivity index (χ3n) is 1.78. The molecule has 0 aliphatic rings. The van der Waals surface area contributed by atoms with E-state index in [9.17, 15) is 0 Å². The van der Waals surface area contributed by atoms with Gasteiger partial charge in [-0.2, -0.15) is 0 Å². The molecule has 1 heterocycles. The Bertz CT molecular complexity index is 277. The number of nitrogens with zero attached hydrogens (tertiary/aromatic N) is 2. The zero-order valence-electron chi connectivity index (χ0n) is 8.65. The van der Waals surface area contributed by atoms with Gasteiger partial charge in [0, 0.05) is 26.0 Å². The van der Waals surface area contributed by atoms with E-state index >= 15 is 0 Å². The lowest BCUT2D eigenvalue weighted by atomic mass is 10.4. The molecule has 0 aliphatic carbocycles. The first-order valence-electron chi connectivity index (χ1n) is 4.34. The monoisotopic (exact) mass is 197 g/mol. The third-order valence-corrected chi connectivity index (χ3v) is 1.78. The average molecular weight is 197 g/mol. The summed E-state index contributed by atoms with van der Waals surface area (Å²) in [7, 11) is 3.20. The highest BCUT2D eigenvalue weighted by molar-refractivity contribution is 5.34. The van der Waals surface area contributed by atoms with Gasteiger partial charge in [0.15, 0.2) is 6.29 Å². The molecule has 0 unspecified atom stereocenters. The first-order chi connectivity index (χ1) is 6.76. The summed E-state index contributed by atoms with van der Waals surface area (Å²) in [5, 5.41) is 3.09. The van der Waals surface area contributed by atoms with E-state index in [1.54, 1.807) is 14.2 Å². The fraction of sp³-hybridized carbons (Fsp3) is 0.556. The van der Waals surface area contributed by atoms with Crippen molar-refractivity contribution in [3.05, 3.63) is 18.1 Å². The van der Waals surface area contributed by atoms with Crippen molar-refractivity contribution in [2.24, 2.45) is 0 Å². The lowest BCUT2D eigenvalue weighted by Crippen LogP contribution is -2.24. The number of methoxy groups -OCH3 is 2. The SMILES string of the molecule is COC(CNc1cc(C)ncn1)OC. The quantitative estimate of drug-likeness (QED) is 0.708. The van der Waals surface area contributed by atoms with Crippen LogP contribution in [0.15, 0.2) is 12.4 Å². The summed E-state index contributed by atoms with van der Waals surface area (Å²) in [6.07, 6.45) is 1.26. The first kappa shape index (κ1) is 10.9. The number of nitrogens with one attached hydrogen (secondary N) is 1. The summed E-state index contributed by atoms with van der Waals surface area (Å²) in [4.78, 5) is 8.04. The van der Waals surface area contributed by atoms with Crippen LogP contribution in [0.25, 0.3) is 0 Å². The molecule has 1 aromatic heterocycles. The third kappa shape index (κ3) is 3.27. The fourth-order valence-electron chi connectivity index (χ4n) is 1.00. The van der Waals surface area contributed by atoms with Crippen molar-refractivity contribution < 1.29 is 9.47 Å². The Labute approximate surface area is 83.5 Å². The Balaban J connectivity index is 2.44. The van der Waals surface area contributed by atoms with Gasteiger partial charge in [-0.1, -0.05) is 0 Å². The van der Waals surface area contributed by atoms with E-state index in [0.717, 1.165) is 11.5 Å². The summed E-state index contributed by atoms with van der Waals surface area (Å²) in [5.41, 5.74) is 0.925. The summed E-state index contributed by atoms with van der Waals surface area (Å²) < 4.78 is 10.0. The Morgan fingerprint density at radius 3 is 2.64 bits per heavy atom. The highest BCUT2D eigenvalue weighted by atomic mass is 16.7. The standard InChI is InChI=1S/C9H15N3O2/c1-7-4-8(12-6-11-7)10-5-9(13-2)14-3/h4,6,9H,5H2,1-3H3,(H,10,11,12). The van der Waals surface area contributed by atoms with Gasteiger partial charge in [0.1, 0.15) is 12.1 Å². The van der Waals surface area contributed by atoms with Crippen molar-refractivity contribution in [2.45, 2.75) is 13.2 Å². The van der Waals surface area contributed by atoms with Crippen LogP contribution in [0.3, 0.4) is 0 Å². The summed E-state index contributed by atoms with van der Waals surface area (Å²) in [6.45, 7) is 2.47. The molecule has 0 saturated heterocycles. The number of anilines is 1. The summed E-state index contributed by atoms with van der Waals surface area (Å²) in [6, 6.07) is 1.86. The lowest BCUT2D eigenvalue weighted by molar-refractivity contribution is -0.0914. The van der Waals surface area contributed by atoms with E-state index in [4.69, 9.17) is 9.47 Å². The van der Waals surface area contributed by atoms with Gasteiger partial charge < -0.3 is 14.8 Å². The van der Waals surface area contributed by atoms with Crippen molar-refractivity contribution in [1.29, 1.82) is 0 Å². The van der Waals surface area contributed by atoms with Crippen LogP contribution in [0.2, 0.25) is 0 Å². The number of aryl methyl sites for hydroxylation is 1. The van der Waals surface area contributed by atoms with Crippen LogP contribution >= 0.6 is 0 Å². The number of hydrogen-bond acceptors (Lipinski definition) is 5. The zero-order valence-corrected chi connectivity index (χ0v) is 8.65. The molecule has 0 saturated carbocycles. The Kier molecular flexibility index (Phi) is 4.28. The number of aromatic nitrogens is 2. The molecule has 0 spiro atoms. The molecule has 14 heavy (non-hydrogen) atoms. The normalized spacial score (nSPS) is 10.6. The van der Waals surface area contributed by atoms with Gasteiger partial charge in [0.2, 0.25) is 0 Å². The second-order valence-electron chi connectivity index (χ2n) is 2.83. The Morgan fingerprint density at radius 2 is 2.07 bits per heavy atom. The molecule has 0 bridgehead atoms. The van der Waals surface area contributed by atoms with Crippen molar-refractivity contribution in [3.63, 3.8) is 0 Å². The van der Waals surface area contributed by atoms with E-state index in [1.807, 2.05) is 13.0 Å². The molecule has 0 fully saturated rings. The van der Waals surface area contributed by atoms with Crippen molar-refractivity contribution >= 4 is 5.82 Å². The van der Waals surface area contributed by atoms with Crippen molar-refractivity contribution in [2.75, 3.05) is 26.1 Å². The van der Waals surface area contributed by atoms with Crippen LogP contribution in [0.1, 0.15) is 5.69 Å². The van der Waals surface area contributed by atoms with Gasteiger partial charge >= 0.3 is 0 Å². The highest BCUT2D eigenvalue weighted by Crippen LogP contribution is 2.03. The molecule has 5 heteroatoms. The maximum absolute atomic E-state index is 5.02. The molecule has 0 aliphatic heterocycles. The fourth-order valence-corrected chi connectivity index (χ4v) is 1.00. The Morgan fingerprint density at radius 1 is 1.36 bits per heavy atom. The molecule has 1 aromatic rings. The van der Waals surface area contributed by atoms with Crippen LogP contribution in [0.5, 0.6) is 0 Å². The summed E-state index contributed by atoms with van der Waals surface area (Å²) in [5.74, 6) is 0.775. The molecule has 78 valence electrons. The van der Waals surface area contributed by atoms with Crippen LogP contribution in [-0.2, 0) is 9.47 Å². The summed E-state index contributed by atoms with van der Waals surface area (Å²) >= 11 is 0. The molecule has 0 aromatic carbocycles. The van der Waals surface area contributed by atoms with Crippen LogP contribution < -0.4 is 5.32 Å². The maximum atomic E-state index is 5.02. The molecule has 1 rings (SSSR count). The van der Waals surface area contributed by atoms with E-state index in [1.165, 1.54) is 6.33 Å². The van der Waals surface area contributed by atoms with Gasteiger partial charge in [-0.05, 0) is 6.92 Å². The van der Waals surface area contributed by atoms with Gasteiger partial charge in [-0.15, -0.1) is 0 Å². The van der Waals surface area contributed by atoms with E-state index in [0.29, 0.717) is 6.54 Å². The van der Waals surface area contributed by atoms with E-state index < -0.39 is 0 Å². The predicted molar refractivity (Wildman–Crippen MR) is 53.1 cm³/mol. The van der Waals surface area contributed by atoms with Gasteiger partial charge in [-0.25, -0.2) is 9.97 Å². The molecular formula is C9H15N3O2. The van der Waals surface area contributed by atoms with Crippen LogP contribution in [0.4, 0.5) is 5.82 Å². The second-order valence-corrected chi connectivity index (χ2v) is 2.83. The number of rotatable bonds is 5. The van der Waals surface area contributed by atoms with Gasteiger partial charge in [0.05, 0.1) is 6.54 Å². The molecule has 0 amide bonds. The second kappa shape index (κ2) is 5.51. The largest absolute Gasteiger partial charge is 0.365 e. The zero-order chi connectivity index (χ0) is 10.4. The predicted octanol–water partition coefficient (Wildman–Crippen LogP) is 0.816. The molecule has 0 atom stereocenters. The highest BCUT2D eigenvalue weighted by Gasteiger charge is 2.04. The van der Waals surface area contributed by atoms with Crippen LogP contribution in [0, 0.1) is 6.92 Å². The van der Waals surface area contributed by atoms with Crippen molar-refractivity contribution in [3.8, 4) is 0 Å². The maximum Gasteiger partial charge on any atom is 0.173 e. The minimum atomic E-state index is -0.259. The lowest BCUT2D eigenvalue weighted by Gasteiger charge is -2.14. The molecule has 1 N–H and O–H groups in total. The Hall–Kier alpha value is -1.20. The smallest absolute Gasteiger partial charge is 0.173 e. The average Bonchev–Trinajstić information content (AvgIpc) is 2.19.